The highest BCUT2D eigenvalue weighted by Crippen LogP contribution is 2.39. The smallest absolute Gasteiger partial charge is 0.274 e. The van der Waals surface area contributed by atoms with Gasteiger partial charge in [-0.05, 0) is 38.4 Å². The van der Waals surface area contributed by atoms with Crippen molar-refractivity contribution in [2.45, 2.75) is 25.8 Å². The van der Waals surface area contributed by atoms with E-state index in [1.54, 1.807) is 0 Å². The first-order chi connectivity index (χ1) is 9.06. The van der Waals surface area contributed by atoms with Crippen LogP contribution in [-0.2, 0) is 6.54 Å². The molecular formula is C13H19F2N3S. The number of nitrogens with zero attached hydrogens (tertiary/aromatic N) is 3. The second-order valence-corrected chi connectivity index (χ2v) is 7.05. The molecule has 3 rings (SSSR count). The number of alkyl halides is 2. The molecule has 2 aliphatic rings. The maximum absolute atomic E-state index is 12.5. The average molecular weight is 287 g/mol. The summed E-state index contributed by atoms with van der Waals surface area (Å²) in [5.41, 5.74) is 0.544. The minimum atomic E-state index is -2.39. The molecule has 0 N–H and O–H groups in total. The standard InChI is InChI=1S/C13H19F2N3S/c1-17-8-13(9-17)2-4-18(5-3-13)7-11-16-6-10(19-11)12(14)15/h6,12H,2-5,7-9H2,1H3. The molecule has 0 bridgehead atoms. The molecule has 2 fully saturated rings. The Kier molecular flexibility index (Phi) is 3.57. The zero-order chi connectivity index (χ0) is 13.5. The minimum Gasteiger partial charge on any atom is -0.305 e. The van der Waals surface area contributed by atoms with Crippen molar-refractivity contribution in [3.05, 3.63) is 16.1 Å². The fourth-order valence-corrected chi connectivity index (χ4v) is 4.11. The van der Waals surface area contributed by atoms with Crippen LogP contribution in [-0.4, -0.2) is 48.0 Å². The second kappa shape index (κ2) is 5.07. The summed E-state index contributed by atoms with van der Waals surface area (Å²) in [6.45, 7) is 5.29. The summed E-state index contributed by atoms with van der Waals surface area (Å²) in [4.78, 5) is 8.90. The Bertz CT molecular complexity index is 433. The van der Waals surface area contributed by atoms with Gasteiger partial charge in [0.25, 0.3) is 6.43 Å². The van der Waals surface area contributed by atoms with Crippen molar-refractivity contribution in [3.8, 4) is 0 Å². The van der Waals surface area contributed by atoms with Crippen molar-refractivity contribution >= 4 is 11.3 Å². The van der Waals surface area contributed by atoms with Gasteiger partial charge in [-0.2, -0.15) is 0 Å². The molecule has 106 valence electrons. The molecule has 3 nitrogen and oxygen atoms in total. The fraction of sp³-hybridized carbons (Fsp3) is 0.769. The Hall–Kier alpha value is -0.590. The normalized spacial score (nSPS) is 24.0. The first kappa shape index (κ1) is 13.4. The molecule has 0 aliphatic carbocycles. The first-order valence-corrected chi connectivity index (χ1v) is 7.52. The Morgan fingerprint density at radius 1 is 1.37 bits per heavy atom. The van der Waals surface area contributed by atoms with Crippen molar-refractivity contribution < 1.29 is 8.78 Å². The lowest BCUT2D eigenvalue weighted by Crippen LogP contribution is -2.58. The number of likely N-dealkylation sites (tertiary alicyclic amines) is 2. The third-order valence-corrected chi connectivity index (χ3v) is 5.26. The highest BCUT2D eigenvalue weighted by molar-refractivity contribution is 7.11. The molecule has 1 spiro atoms. The summed E-state index contributed by atoms with van der Waals surface area (Å²) in [5.74, 6) is 0. The molecule has 0 radical (unpaired) electrons. The highest BCUT2D eigenvalue weighted by atomic mass is 32.1. The van der Waals surface area contributed by atoms with Crippen molar-refractivity contribution in [2.24, 2.45) is 5.41 Å². The van der Waals surface area contributed by atoms with E-state index in [1.165, 1.54) is 32.1 Å². The summed E-state index contributed by atoms with van der Waals surface area (Å²) in [7, 11) is 2.17. The zero-order valence-electron chi connectivity index (χ0n) is 11.1. The Balaban J connectivity index is 1.51. The maximum Gasteiger partial charge on any atom is 0.274 e. The lowest BCUT2D eigenvalue weighted by atomic mass is 9.72. The zero-order valence-corrected chi connectivity index (χ0v) is 11.9. The van der Waals surface area contributed by atoms with Crippen molar-refractivity contribution in [1.29, 1.82) is 0 Å². The van der Waals surface area contributed by atoms with Crippen LogP contribution in [0.2, 0.25) is 0 Å². The Labute approximate surface area is 116 Å². The van der Waals surface area contributed by atoms with E-state index in [0.717, 1.165) is 36.0 Å². The molecule has 3 heterocycles. The molecular weight excluding hydrogens is 268 g/mol. The van der Waals surface area contributed by atoms with E-state index in [0.29, 0.717) is 5.41 Å². The van der Waals surface area contributed by atoms with Crippen molar-refractivity contribution in [2.75, 3.05) is 33.2 Å². The van der Waals surface area contributed by atoms with Crippen LogP contribution in [0.25, 0.3) is 0 Å². The van der Waals surface area contributed by atoms with Gasteiger partial charge in [-0.15, -0.1) is 11.3 Å². The molecule has 0 saturated carbocycles. The number of hydrogen-bond donors (Lipinski definition) is 0. The monoisotopic (exact) mass is 287 g/mol. The second-order valence-electron chi connectivity index (χ2n) is 5.91. The van der Waals surface area contributed by atoms with Crippen LogP contribution in [0.5, 0.6) is 0 Å². The lowest BCUT2D eigenvalue weighted by Gasteiger charge is -2.52. The number of aromatic nitrogens is 1. The summed E-state index contributed by atoms with van der Waals surface area (Å²) >= 11 is 1.14. The quantitative estimate of drug-likeness (QED) is 0.852. The lowest BCUT2D eigenvalue weighted by molar-refractivity contribution is -0.0329. The van der Waals surface area contributed by atoms with Crippen LogP contribution in [0.4, 0.5) is 8.78 Å². The van der Waals surface area contributed by atoms with E-state index >= 15 is 0 Å². The molecule has 19 heavy (non-hydrogen) atoms. The van der Waals surface area contributed by atoms with Crippen LogP contribution >= 0.6 is 11.3 Å². The van der Waals surface area contributed by atoms with Crippen LogP contribution in [0, 0.1) is 5.41 Å². The fourth-order valence-electron chi connectivity index (χ4n) is 3.29. The molecule has 1 aromatic rings. The van der Waals surface area contributed by atoms with Crippen LogP contribution in [0.3, 0.4) is 0 Å². The first-order valence-electron chi connectivity index (χ1n) is 6.70. The predicted octanol–water partition coefficient (Wildman–Crippen LogP) is 2.61. The third kappa shape index (κ3) is 2.80. The van der Waals surface area contributed by atoms with Gasteiger partial charge in [0.2, 0.25) is 0 Å². The Morgan fingerprint density at radius 3 is 2.58 bits per heavy atom. The number of thiazole rings is 1. The van der Waals surface area contributed by atoms with Crippen molar-refractivity contribution in [3.63, 3.8) is 0 Å². The van der Waals surface area contributed by atoms with E-state index < -0.39 is 6.43 Å². The van der Waals surface area contributed by atoms with Crippen LogP contribution < -0.4 is 0 Å². The van der Waals surface area contributed by atoms with Crippen LogP contribution in [0.15, 0.2) is 6.20 Å². The van der Waals surface area contributed by atoms with Gasteiger partial charge in [-0.25, -0.2) is 13.8 Å². The summed E-state index contributed by atoms with van der Waals surface area (Å²) in [5, 5.41) is 0.817. The topological polar surface area (TPSA) is 19.4 Å². The minimum absolute atomic E-state index is 0.0871. The SMILES string of the molecule is CN1CC2(CCN(Cc3ncc(C(F)F)s3)CC2)C1. The van der Waals surface area contributed by atoms with E-state index in [-0.39, 0.29) is 4.88 Å². The van der Waals surface area contributed by atoms with E-state index in [2.05, 4.69) is 21.8 Å². The molecule has 6 heteroatoms. The number of hydrogen-bond acceptors (Lipinski definition) is 4. The van der Waals surface area contributed by atoms with Crippen molar-refractivity contribution in [1.82, 2.24) is 14.8 Å². The maximum atomic E-state index is 12.5. The predicted molar refractivity (Wildman–Crippen MR) is 71.5 cm³/mol. The number of rotatable bonds is 3. The van der Waals surface area contributed by atoms with Gasteiger partial charge in [-0.3, -0.25) is 4.90 Å². The molecule has 0 amide bonds. The molecule has 0 aromatic carbocycles. The average Bonchev–Trinajstić information content (AvgIpc) is 2.79. The molecule has 2 aliphatic heterocycles. The van der Waals surface area contributed by atoms with Gasteiger partial charge in [0.1, 0.15) is 5.01 Å². The largest absolute Gasteiger partial charge is 0.305 e. The van der Waals surface area contributed by atoms with Crippen LogP contribution in [0.1, 0.15) is 29.2 Å². The summed E-state index contributed by atoms with van der Waals surface area (Å²) in [6, 6.07) is 0. The van der Waals surface area contributed by atoms with Gasteiger partial charge in [-0.1, -0.05) is 0 Å². The molecule has 2 saturated heterocycles. The molecule has 0 unspecified atom stereocenters. The number of halogens is 2. The van der Waals surface area contributed by atoms with Gasteiger partial charge >= 0.3 is 0 Å². The Morgan fingerprint density at radius 2 is 2.05 bits per heavy atom. The van der Waals surface area contributed by atoms with E-state index in [4.69, 9.17) is 0 Å². The van der Waals surface area contributed by atoms with E-state index in [9.17, 15) is 8.78 Å². The van der Waals surface area contributed by atoms with Gasteiger partial charge in [0.15, 0.2) is 0 Å². The molecule has 1 aromatic heterocycles. The van der Waals surface area contributed by atoms with Gasteiger partial charge < -0.3 is 4.90 Å². The van der Waals surface area contributed by atoms with E-state index in [1.807, 2.05) is 0 Å². The van der Waals surface area contributed by atoms with Gasteiger partial charge in [0, 0.05) is 19.3 Å². The third-order valence-electron chi connectivity index (χ3n) is 4.27. The summed E-state index contributed by atoms with van der Waals surface area (Å²) in [6.07, 6.45) is 1.38. The highest BCUT2D eigenvalue weighted by Gasteiger charge is 2.42. The summed E-state index contributed by atoms with van der Waals surface area (Å²) < 4.78 is 25.0. The van der Waals surface area contributed by atoms with Gasteiger partial charge in [0.05, 0.1) is 11.4 Å². The number of piperidine rings is 1. The molecule has 0 atom stereocenters.